The third-order valence-electron chi connectivity index (χ3n) is 3.43. The Kier molecular flexibility index (Phi) is 5.75. The average Bonchev–Trinajstić information content (AvgIpc) is 2.44. The Hall–Kier alpha value is -2.38. The summed E-state index contributed by atoms with van der Waals surface area (Å²) >= 11 is 0. The van der Waals surface area contributed by atoms with E-state index in [0.29, 0.717) is 0 Å². The number of benzene rings is 1. The Morgan fingerprint density at radius 2 is 1.67 bits per heavy atom. The van der Waals surface area contributed by atoms with E-state index < -0.39 is 35.4 Å². The molecule has 1 aromatic carbocycles. The molecular weight excluding hydrogens is 327 g/mol. The van der Waals surface area contributed by atoms with E-state index in [0.717, 1.165) is 6.92 Å². The molecule has 0 radical (unpaired) electrons. The maximum Gasteiger partial charge on any atom is 0.471 e. The first-order chi connectivity index (χ1) is 10.9. The summed E-state index contributed by atoms with van der Waals surface area (Å²) in [7, 11) is 0. The van der Waals surface area contributed by atoms with Gasteiger partial charge in [0.1, 0.15) is 5.41 Å². The van der Waals surface area contributed by atoms with Crippen LogP contribution in [0.15, 0.2) is 24.3 Å². The summed E-state index contributed by atoms with van der Waals surface area (Å²) in [6, 6.07) is 5.31. The Labute approximate surface area is 137 Å². The fraction of sp³-hybridized carbons (Fsp3) is 0.438. The summed E-state index contributed by atoms with van der Waals surface area (Å²) in [6.07, 6.45) is -5.62. The lowest BCUT2D eigenvalue weighted by molar-refractivity contribution is -0.167. The van der Waals surface area contributed by atoms with Gasteiger partial charge in [-0.1, -0.05) is 18.2 Å². The number of Topliss-reactive ketones (excluding diaryl/α,β-unsaturated/α-hetero) is 1. The number of esters is 1. The van der Waals surface area contributed by atoms with Crippen molar-refractivity contribution in [3.63, 3.8) is 0 Å². The van der Waals surface area contributed by atoms with Crippen LogP contribution < -0.4 is 5.32 Å². The molecule has 0 unspecified atom stereocenters. The third kappa shape index (κ3) is 4.12. The molecule has 1 atom stereocenters. The number of hydrogen-bond donors (Lipinski definition) is 1. The first-order valence-corrected chi connectivity index (χ1v) is 7.10. The molecule has 0 spiro atoms. The molecular formula is C16H18F3NO4. The maximum absolute atomic E-state index is 12.5. The van der Waals surface area contributed by atoms with E-state index in [9.17, 15) is 27.6 Å². The van der Waals surface area contributed by atoms with E-state index >= 15 is 0 Å². The predicted molar refractivity (Wildman–Crippen MR) is 80.4 cm³/mol. The molecule has 0 saturated heterocycles. The van der Waals surface area contributed by atoms with Crippen LogP contribution in [0.5, 0.6) is 0 Å². The van der Waals surface area contributed by atoms with E-state index in [1.54, 1.807) is 19.2 Å². The number of anilines is 1. The molecule has 8 heteroatoms. The molecule has 1 amide bonds. The van der Waals surface area contributed by atoms with Crippen LogP contribution in [0.4, 0.5) is 18.9 Å². The molecule has 5 nitrogen and oxygen atoms in total. The van der Waals surface area contributed by atoms with Crippen molar-refractivity contribution in [2.75, 3.05) is 5.32 Å². The standard InChI is InChI=1S/C16H18F3NO4/c1-9(2)24-14(23)15(4,10(3)21)11-7-5-6-8-12(11)20-13(22)16(17,18)19/h5-9H,1-4H3,(H,20,22)/t15-/m0/s1. The lowest BCUT2D eigenvalue weighted by Gasteiger charge is -2.28. The molecule has 0 heterocycles. The van der Waals surface area contributed by atoms with Gasteiger partial charge < -0.3 is 10.1 Å². The van der Waals surface area contributed by atoms with Crippen molar-refractivity contribution in [2.45, 2.75) is 45.4 Å². The van der Waals surface area contributed by atoms with Gasteiger partial charge >= 0.3 is 18.1 Å². The van der Waals surface area contributed by atoms with Crippen molar-refractivity contribution < 1.29 is 32.3 Å². The Balaban J connectivity index is 3.39. The zero-order chi connectivity index (χ0) is 18.7. The zero-order valence-electron chi connectivity index (χ0n) is 13.7. The number of amides is 1. The van der Waals surface area contributed by atoms with Crippen molar-refractivity contribution in [3.8, 4) is 0 Å². The number of para-hydroxylation sites is 1. The van der Waals surface area contributed by atoms with Crippen molar-refractivity contribution in [1.29, 1.82) is 0 Å². The fourth-order valence-corrected chi connectivity index (χ4v) is 2.00. The SMILES string of the molecule is CC(=O)[C@](C)(C(=O)OC(C)C)c1ccccc1NC(=O)C(F)(F)F. The molecule has 0 aliphatic rings. The molecule has 132 valence electrons. The third-order valence-corrected chi connectivity index (χ3v) is 3.43. The van der Waals surface area contributed by atoms with Gasteiger partial charge in [0, 0.05) is 11.3 Å². The van der Waals surface area contributed by atoms with Crippen molar-refractivity contribution in [3.05, 3.63) is 29.8 Å². The van der Waals surface area contributed by atoms with Gasteiger partial charge in [0.05, 0.1) is 6.10 Å². The van der Waals surface area contributed by atoms with Crippen LogP contribution >= 0.6 is 0 Å². The minimum Gasteiger partial charge on any atom is -0.462 e. The predicted octanol–water partition coefficient (Wildman–Crippen LogP) is 2.99. The second-order valence-corrected chi connectivity index (χ2v) is 5.63. The summed E-state index contributed by atoms with van der Waals surface area (Å²) in [5, 5.41) is 1.70. The molecule has 0 aliphatic carbocycles. The summed E-state index contributed by atoms with van der Waals surface area (Å²) in [5.41, 5.74) is -2.20. The van der Waals surface area contributed by atoms with Crippen LogP contribution in [0.2, 0.25) is 0 Å². The summed E-state index contributed by atoms with van der Waals surface area (Å²) in [4.78, 5) is 35.7. The van der Waals surface area contributed by atoms with Crippen LogP contribution in [-0.2, 0) is 24.5 Å². The number of carbonyl (C=O) groups excluding carboxylic acids is 3. The number of carbonyl (C=O) groups is 3. The van der Waals surface area contributed by atoms with Gasteiger partial charge in [0.15, 0.2) is 5.78 Å². The van der Waals surface area contributed by atoms with Crippen LogP contribution in [0.3, 0.4) is 0 Å². The van der Waals surface area contributed by atoms with E-state index in [2.05, 4.69) is 0 Å². The minimum absolute atomic E-state index is 0.0688. The number of alkyl halides is 3. The van der Waals surface area contributed by atoms with Crippen molar-refractivity contribution >= 4 is 23.3 Å². The summed E-state index contributed by atoms with van der Waals surface area (Å²) in [6.45, 7) is 5.54. The molecule has 0 bridgehead atoms. The Morgan fingerprint density at radius 3 is 2.12 bits per heavy atom. The second-order valence-electron chi connectivity index (χ2n) is 5.63. The molecule has 1 rings (SSSR count). The van der Waals surface area contributed by atoms with Crippen LogP contribution in [0, 0.1) is 0 Å². The topological polar surface area (TPSA) is 72.5 Å². The number of nitrogens with one attached hydrogen (secondary N) is 1. The molecule has 1 aromatic rings. The van der Waals surface area contributed by atoms with Gasteiger partial charge in [-0.05, 0) is 33.8 Å². The molecule has 0 aromatic heterocycles. The lowest BCUT2D eigenvalue weighted by atomic mass is 9.78. The van der Waals surface area contributed by atoms with Crippen molar-refractivity contribution in [2.24, 2.45) is 0 Å². The van der Waals surface area contributed by atoms with E-state index in [4.69, 9.17) is 4.74 Å². The zero-order valence-corrected chi connectivity index (χ0v) is 13.7. The minimum atomic E-state index is -5.10. The number of hydrogen-bond acceptors (Lipinski definition) is 4. The quantitative estimate of drug-likeness (QED) is 0.658. The number of rotatable bonds is 5. The molecule has 0 saturated carbocycles. The summed E-state index contributed by atoms with van der Waals surface area (Å²) < 4.78 is 42.5. The highest BCUT2D eigenvalue weighted by Gasteiger charge is 2.45. The van der Waals surface area contributed by atoms with Gasteiger partial charge in [-0.25, -0.2) is 0 Å². The van der Waals surface area contributed by atoms with Crippen LogP contribution in [-0.4, -0.2) is 29.9 Å². The number of halogens is 3. The first kappa shape index (κ1) is 19.7. The molecule has 1 N–H and O–H groups in total. The van der Waals surface area contributed by atoms with Gasteiger partial charge in [0.25, 0.3) is 0 Å². The van der Waals surface area contributed by atoms with Crippen molar-refractivity contribution in [1.82, 2.24) is 0 Å². The van der Waals surface area contributed by atoms with Gasteiger partial charge in [0.2, 0.25) is 0 Å². The molecule has 24 heavy (non-hydrogen) atoms. The van der Waals surface area contributed by atoms with E-state index in [-0.39, 0.29) is 11.3 Å². The number of ketones is 1. The average molecular weight is 345 g/mol. The largest absolute Gasteiger partial charge is 0.471 e. The van der Waals surface area contributed by atoms with Crippen LogP contribution in [0.25, 0.3) is 0 Å². The second kappa shape index (κ2) is 7.02. The lowest BCUT2D eigenvalue weighted by Crippen LogP contribution is -2.43. The highest BCUT2D eigenvalue weighted by atomic mass is 19.4. The number of ether oxygens (including phenoxy) is 1. The first-order valence-electron chi connectivity index (χ1n) is 7.10. The highest BCUT2D eigenvalue weighted by Crippen LogP contribution is 2.34. The van der Waals surface area contributed by atoms with E-state index in [1.165, 1.54) is 31.2 Å². The summed E-state index contributed by atoms with van der Waals surface area (Å²) in [5.74, 6) is -3.72. The maximum atomic E-state index is 12.5. The molecule has 0 fully saturated rings. The Morgan fingerprint density at radius 1 is 1.12 bits per heavy atom. The van der Waals surface area contributed by atoms with Gasteiger partial charge in [-0.3, -0.25) is 14.4 Å². The van der Waals surface area contributed by atoms with Gasteiger partial charge in [-0.15, -0.1) is 0 Å². The Bertz CT molecular complexity index is 655. The fourth-order valence-electron chi connectivity index (χ4n) is 2.00. The smallest absolute Gasteiger partial charge is 0.462 e. The highest BCUT2D eigenvalue weighted by molar-refractivity contribution is 6.10. The molecule has 0 aliphatic heterocycles. The van der Waals surface area contributed by atoms with Gasteiger partial charge in [-0.2, -0.15) is 13.2 Å². The normalized spacial score (nSPS) is 14.0. The van der Waals surface area contributed by atoms with E-state index in [1.807, 2.05) is 0 Å². The van der Waals surface area contributed by atoms with Crippen LogP contribution in [0.1, 0.15) is 33.3 Å². The monoisotopic (exact) mass is 345 g/mol.